The lowest BCUT2D eigenvalue weighted by Gasteiger charge is -2.26. The summed E-state index contributed by atoms with van der Waals surface area (Å²) in [6.07, 6.45) is 3.62. The van der Waals surface area contributed by atoms with Crippen LogP contribution in [0.25, 0.3) is 0 Å². The number of nitrogens with zero attached hydrogens (tertiary/aromatic N) is 5. The van der Waals surface area contributed by atoms with E-state index < -0.39 is 0 Å². The van der Waals surface area contributed by atoms with Crippen molar-refractivity contribution in [1.29, 1.82) is 0 Å². The molecule has 0 unspecified atom stereocenters. The minimum atomic E-state index is 0.252. The SMILES string of the molecule is Cc1nc(CNc2nc(N)nc(N3CCCCC3)n2)cs1. The van der Waals surface area contributed by atoms with Gasteiger partial charge in [0.05, 0.1) is 17.2 Å². The van der Waals surface area contributed by atoms with Crippen molar-refractivity contribution in [2.24, 2.45) is 0 Å². The Bertz CT molecular complexity index is 606. The molecule has 3 rings (SSSR count). The number of hydrogen-bond donors (Lipinski definition) is 2. The number of thiazole rings is 1. The summed E-state index contributed by atoms with van der Waals surface area (Å²) < 4.78 is 0. The number of aromatic nitrogens is 4. The van der Waals surface area contributed by atoms with Gasteiger partial charge in [-0.2, -0.15) is 15.0 Å². The molecule has 2 aromatic heterocycles. The van der Waals surface area contributed by atoms with Gasteiger partial charge in [-0.05, 0) is 26.2 Å². The Kier molecular flexibility index (Phi) is 4.14. The Morgan fingerprint density at radius 3 is 2.71 bits per heavy atom. The molecular formula is C13H19N7S. The van der Waals surface area contributed by atoms with Crippen LogP contribution in [-0.4, -0.2) is 33.0 Å². The van der Waals surface area contributed by atoms with Crippen molar-refractivity contribution < 1.29 is 0 Å². The van der Waals surface area contributed by atoms with Crippen molar-refractivity contribution in [3.63, 3.8) is 0 Å². The first-order chi connectivity index (χ1) is 10.2. The van der Waals surface area contributed by atoms with Crippen molar-refractivity contribution in [2.75, 3.05) is 29.0 Å². The number of nitrogen functional groups attached to an aromatic ring is 1. The van der Waals surface area contributed by atoms with E-state index in [4.69, 9.17) is 5.73 Å². The Morgan fingerprint density at radius 2 is 2.00 bits per heavy atom. The maximum atomic E-state index is 5.80. The van der Waals surface area contributed by atoms with E-state index in [2.05, 4.69) is 30.2 Å². The van der Waals surface area contributed by atoms with Crippen LogP contribution >= 0.6 is 11.3 Å². The molecule has 1 aliphatic rings. The zero-order valence-corrected chi connectivity index (χ0v) is 12.9. The van der Waals surface area contributed by atoms with Crippen molar-refractivity contribution in [2.45, 2.75) is 32.7 Å². The fourth-order valence-corrected chi connectivity index (χ4v) is 2.97. The molecule has 3 heterocycles. The number of nitrogens with one attached hydrogen (secondary N) is 1. The van der Waals surface area contributed by atoms with Crippen LogP contribution in [0.5, 0.6) is 0 Å². The average Bonchev–Trinajstić information content (AvgIpc) is 2.91. The monoisotopic (exact) mass is 305 g/mol. The topological polar surface area (TPSA) is 92.8 Å². The largest absolute Gasteiger partial charge is 0.368 e. The zero-order chi connectivity index (χ0) is 14.7. The van der Waals surface area contributed by atoms with E-state index in [-0.39, 0.29) is 5.95 Å². The predicted octanol–water partition coefficient (Wildman–Crippen LogP) is 1.82. The van der Waals surface area contributed by atoms with E-state index in [1.807, 2.05) is 12.3 Å². The molecule has 1 aliphatic heterocycles. The first kappa shape index (κ1) is 14.0. The third-order valence-electron chi connectivity index (χ3n) is 3.37. The van der Waals surface area contributed by atoms with Gasteiger partial charge in [-0.15, -0.1) is 11.3 Å². The molecule has 0 radical (unpaired) electrons. The fourth-order valence-electron chi connectivity index (χ4n) is 2.35. The van der Waals surface area contributed by atoms with Crippen LogP contribution < -0.4 is 16.0 Å². The van der Waals surface area contributed by atoms with Gasteiger partial charge in [0.2, 0.25) is 17.8 Å². The molecule has 0 bridgehead atoms. The second kappa shape index (κ2) is 6.21. The summed E-state index contributed by atoms with van der Waals surface area (Å²) in [5, 5.41) is 6.25. The highest BCUT2D eigenvalue weighted by Gasteiger charge is 2.15. The first-order valence-electron chi connectivity index (χ1n) is 7.12. The molecule has 1 fully saturated rings. The Balaban J connectivity index is 1.71. The highest BCUT2D eigenvalue weighted by Crippen LogP contribution is 2.18. The van der Waals surface area contributed by atoms with E-state index in [1.54, 1.807) is 11.3 Å². The smallest absolute Gasteiger partial charge is 0.231 e. The average molecular weight is 305 g/mol. The third-order valence-corrected chi connectivity index (χ3v) is 4.20. The molecule has 8 heteroatoms. The standard InChI is InChI=1S/C13H19N7S/c1-9-16-10(8-21-9)7-15-12-17-11(14)18-13(19-12)20-5-3-2-4-6-20/h8H,2-7H2,1H3,(H3,14,15,17,18,19). The van der Waals surface area contributed by atoms with Gasteiger partial charge in [0.15, 0.2) is 0 Å². The minimum Gasteiger partial charge on any atom is -0.368 e. The van der Waals surface area contributed by atoms with Gasteiger partial charge in [-0.25, -0.2) is 4.98 Å². The number of anilines is 3. The molecular weight excluding hydrogens is 286 g/mol. The summed E-state index contributed by atoms with van der Waals surface area (Å²) in [4.78, 5) is 19.4. The lowest BCUT2D eigenvalue weighted by atomic mass is 10.1. The van der Waals surface area contributed by atoms with Crippen molar-refractivity contribution in [3.05, 3.63) is 16.1 Å². The fraction of sp³-hybridized carbons (Fsp3) is 0.538. The summed E-state index contributed by atoms with van der Waals surface area (Å²) in [7, 11) is 0. The van der Waals surface area contributed by atoms with Crippen LogP contribution in [0.4, 0.5) is 17.8 Å². The summed E-state index contributed by atoms with van der Waals surface area (Å²) in [5.74, 6) is 1.43. The van der Waals surface area contributed by atoms with Crippen LogP contribution in [0.15, 0.2) is 5.38 Å². The lowest BCUT2D eigenvalue weighted by molar-refractivity contribution is 0.568. The maximum absolute atomic E-state index is 5.80. The van der Waals surface area contributed by atoms with Crippen LogP contribution in [0.1, 0.15) is 30.0 Å². The molecule has 112 valence electrons. The Morgan fingerprint density at radius 1 is 1.19 bits per heavy atom. The van der Waals surface area contributed by atoms with Crippen LogP contribution in [0.3, 0.4) is 0 Å². The van der Waals surface area contributed by atoms with Gasteiger partial charge in [-0.3, -0.25) is 0 Å². The Hall–Kier alpha value is -1.96. The van der Waals surface area contributed by atoms with Crippen LogP contribution in [0, 0.1) is 6.92 Å². The first-order valence-corrected chi connectivity index (χ1v) is 8.00. The molecule has 7 nitrogen and oxygen atoms in total. The van der Waals surface area contributed by atoms with Crippen LogP contribution in [-0.2, 0) is 6.54 Å². The number of piperidine rings is 1. The van der Waals surface area contributed by atoms with E-state index >= 15 is 0 Å². The van der Waals surface area contributed by atoms with Gasteiger partial charge in [0.25, 0.3) is 0 Å². The molecule has 2 aromatic rings. The summed E-state index contributed by atoms with van der Waals surface area (Å²) in [5.41, 5.74) is 6.78. The van der Waals surface area contributed by atoms with Crippen molar-refractivity contribution >= 4 is 29.2 Å². The number of hydrogen-bond acceptors (Lipinski definition) is 8. The van der Waals surface area contributed by atoms with E-state index in [9.17, 15) is 0 Å². The molecule has 0 amide bonds. The maximum Gasteiger partial charge on any atom is 0.231 e. The molecule has 3 N–H and O–H groups in total. The second-order valence-corrected chi connectivity index (χ2v) is 6.14. The van der Waals surface area contributed by atoms with Crippen molar-refractivity contribution in [3.8, 4) is 0 Å². The van der Waals surface area contributed by atoms with Gasteiger partial charge >= 0.3 is 0 Å². The minimum absolute atomic E-state index is 0.252. The highest BCUT2D eigenvalue weighted by molar-refractivity contribution is 7.09. The van der Waals surface area contributed by atoms with E-state index in [0.29, 0.717) is 18.4 Å². The third kappa shape index (κ3) is 3.57. The quantitative estimate of drug-likeness (QED) is 0.890. The molecule has 21 heavy (non-hydrogen) atoms. The molecule has 0 atom stereocenters. The Labute approximate surface area is 127 Å². The summed E-state index contributed by atoms with van der Waals surface area (Å²) in [6, 6.07) is 0. The molecule has 0 saturated carbocycles. The predicted molar refractivity (Wildman–Crippen MR) is 84.5 cm³/mol. The molecule has 1 saturated heterocycles. The van der Waals surface area contributed by atoms with E-state index in [0.717, 1.165) is 23.8 Å². The van der Waals surface area contributed by atoms with E-state index in [1.165, 1.54) is 19.3 Å². The van der Waals surface area contributed by atoms with Gasteiger partial charge < -0.3 is 16.0 Å². The normalized spacial score (nSPS) is 15.2. The molecule has 0 aliphatic carbocycles. The molecule has 0 aromatic carbocycles. The highest BCUT2D eigenvalue weighted by atomic mass is 32.1. The second-order valence-electron chi connectivity index (χ2n) is 5.08. The summed E-state index contributed by atoms with van der Waals surface area (Å²) >= 11 is 1.63. The molecule has 0 spiro atoms. The van der Waals surface area contributed by atoms with Gasteiger partial charge in [-0.1, -0.05) is 0 Å². The number of aryl methyl sites for hydroxylation is 1. The summed E-state index contributed by atoms with van der Waals surface area (Å²) in [6.45, 7) is 4.54. The lowest BCUT2D eigenvalue weighted by Crippen LogP contribution is -2.31. The van der Waals surface area contributed by atoms with Gasteiger partial charge in [0.1, 0.15) is 0 Å². The zero-order valence-electron chi connectivity index (χ0n) is 12.0. The number of rotatable bonds is 4. The van der Waals surface area contributed by atoms with Crippen molar-refractivity contribution in [1.82, 2.24) is 19.9 Å². The number of nitrogens with two attached hydrogens (primary N) is 1. The van der Waals surface area contributed by atoms with Crippen LogP contribution in [0.2, 0.25) is 0 Å². The van der Waals surface area contributed by atoms with Gasteiger partial charge in [0, 0.05) is 18.5 Å².